The van der Waals surface area contributed by atoms with Gasteiger partial charge in [0.15, 0.2) is 0 Å². The summed E-state index contributed by atoms with van der Waals surface area (Å²) in [5.41, 5.74) is 10.8. The maximum atomic E-state index is 13.2. The van der Waals surface area contributed by atoms with Gasteiger partial charge < -0.3 is 16.2 Å². The van der Waals surface area contributed by atoms with Crippen molar-refractivity contribution < 1.29 is 26.7 Å². The van der Waals surface area contributed by atoms with Gasteiger partial charge in [0.25, 0.3) is 6.43 Å². The number of pyridine rings is 1. The fourth-order valence-electron chi connectivity index (χ4n) is 5.20. The third-order valence-corrected chi connectivity index (χ3v) is 6.81. The predicted molar refractivity (Wildman–Crippen MR) is 115 cm³/mol. The normalized spacial score (nSPS) is 29.3. The Morgan fingerprint density at radius 3 is 2.64 bits per heavy atom. The highest BCUT2D eigenvalue weighted by molar-refractivity contribution is 6.04. The Kier molecular flexibility index (Phi) is 6.90. The van der Waals surface area contributed by atoms with Crippen LogP contribution in [-0.2, 0) is 10.9 Å². The Morgan fingerprint density at radius 1 is 1.24 bits per heavy atom. The predicted octanol–water partition coefficient (Wildman–Crippen LogP) is 3.44. The van der Waals surface area contributed by atoms with E-state index in [4.69, 9.17) is 16.2 Å². The van der Waals surface area contributed by atoms with Gasteiger partial charge in [0, 0.05) is 54.8 Å². The topological polar surface area (TPSA) is 89.8 Å². The summed E-state index contributed by atoms with van der Waals surface area (Å²) in [4.78, 5) is 10.1. The molecule has 1 aromatic rings. The smallest absolute Gasteiger partial charge is 0.398 e. The number of anilines is 1. The van der Waals surface area contributed by atoms with E-state index in [1.165, 1.54) is 6.08 Å². The maximum absolute atomic E-state index is 13.2. The van der Waals surface area contributed by atoms with E-state index in [2.05, 4.69) is 14.9 Å². The molecule has 1 aromatic heterocycles. The van der Waals surface area contributed by atoms with Crippen LogP contribution in [0.5, 0.6) is 0 Å². The molecule has 0 spiro atoms. The molecule has 1 saturated heterocycles. The van der Waals surface area contributed by atoms with Gasteiger partial charge in [0.1, 0.15) is 12.4 Å². The molecule has 2 unspecified atom stereocenters. The first-order valence-electron chi connectivity index (χ1n) is 11.1. The van der Waals surface area contributed by atoms with Crippen LogP contribution in [0.2, 0.25) is 0 Å². The molecular formula is C22H28F5N5O. The van der Waals surface area contributed by atoms with Gasteiger partial charge in [-0.1, -0.05) is 0 Å². The first kappa shape index (κ1) is 23.9. The average Bonchev–Trinajstić information content (AvgIpc) is 3.36. The number of rotatable bonds is 6. The first-order valence-corrected chi connectivity index (χ1v) is 11.1. The highest BCUT2D eigenvalue weighted by atomic mass is 19.4. The molecule has 0 radical (unpaired) electrons. The second-order valence-electron chi connectivity index (χ2n) is 8.89. The standard InChI is InChI=1S/C22H28F5N5O/c23-19(24)11-30-18(9-17(28)12-6-16(22(25,26)27)21(29)31-10-12)20-14-7-13(8-15(14)20)32-2-1-4-33-5-3-32/h6,9-10,13-15,19-20H,1-5,7-8,11,28H2,(H2,29,31). The molecule has 2 saturated carbocycles. The summed E-state index contributed by atoms with van der Waals surface area (Å²) in [7, 11) is 0. The van der Waals surface area contributed by atoms with Gasteiger partial charge in [-0.2, -0.15) is 13.2 Å². The molecule has 3 aliphatic rings. The van der Waals surface area contributed by atoms with Crippen molar-refractivity contribution in [3.05, 3.63) is 29.5 Å². The Labute approximate surface area is 188 Å². The van der Waals surface area contributed by atoms with E-state index >= 15 is 0 Å². The number of aliphatic imine (C=N–C) groups is 1. The summed E-state index contributed by atoms with van der Waals surface area (Å²) in [6.07, 6.45) is -1.85. The van der Waals surface area contributed by atoms with Crippen LogP contribution in [0.25, 0.3) is 5.70 Å². The van der Waals surface area contributed by atoms with Crippen LogP contribution in [-0.4, -0.2) is 60.9 Å². The van der Waals surface area contributed by atoms with Crippen molar-refractivity contribution in [2.24, 2.45) is 28.5 Å². The number of hydrogen-bond acceptors (Lipinski definition) is 6. The highest BCUT2D eigenvalue weighted by Crippen LogP contribution is 2.59. The summed E-state index contributed by atoms with van der Waals surface area (Å²) in [6.45, 7) is 2.68. The highest BCUT2D eigenvalue weighted by Gasteiger charge is 2.58. The van der Waals surface area contributed by atoms with Gasteiger partial charge in [-0.05, 0) is 43.2 Å². The van der Waals surface area contributed by atoms with E-state index < -0.39 is 30.5 Å². The van der Waals surface area contributed by atoms with Crippen LogP contribution in [0, 0.1) is 17.8 Å². The number of aromatic nitrogens is 1. The summed E-state index contributed by atoms with van der Waals surface area (Å²) in [5.74, 6) is -0.0252. The zero-order valence-electron chi connectivity index (χ0n) is 18.1. The Bertz CT molecular complexity index is 899. The zero-order chi connectivity index (χ0) is 23.8. The number of halogens is 5. The number of ether oxygens (including phenoxy) is 1. The molecule has 33 heavy (non-hydrogen) atoms. The van der Waals surface area contributed by atoms with Gasteiger partial charge >= 0.3 is 6.18 Å². The summed E-state index contributed by atoms with van der Waals surface area (Å²) < 4.78 is 70.8. The van der Waals surface area contributed by atoms with Crippen molar-refractivity contribution in [2.45, 2.75) is 37.9 Å². The minimum Gasteiger partial charge on any atom is -0.398 e. The Hall–Kier alpha value is -2.27. The third kappa shape index (κ3) is 5.46. The first-order chi connectivity index (χ1) is 15.6. The molecule has 2 heterocycles. The van der Waals surface area contributed by atoms with Gasteiger partial charge in [0.05, 0.1) is 12.2 Å². The van der Waals surface area contributed by atoms with Crippen LogP contribution < -0.4 is 11.5 Å². The molecule has 11 heteroatoms. The lowest BCUT2D eigenvalue weighted by Crippen LogP contribution is -2.37. The van der Waals surface area contributed by atoms with E-state index in [1.807, 2.05) is 0 Å². The molecule has 3 fully saturated rings. The van der Waals surface area contributed by atoms with E-state index in [0.717, 1.165) is 51.2 Å². The van der Waals surface area contributed by atoms with Gasteiger partial charge in [-0.15, -0.1) is 0 Å². The van der Waals surface area contributed by atoms with Crippen molar-refractivity contribution in [2.75, 3.05) is 38.6 Å². The molecule has 6 nitrogen and oxygen atoms in total. The molecule has 2 atom stereocenters. The third-order valence-electron chi connectivity index (χ3n) is 6.81. The second-order valence-corrected chi connectivity index (χ2v) is 8.89. The Morgan fingerprint density at radius 2 is 1.97 bits per heavy atom. The monoisotopic (exact) mass is 473 g/mol. The molecule has 0 aromatic carbocycles. The van der Waals surface area contributed by atoms with Gasteiger partial charge in [-0.25, -0.2) is 13.8 Å². The van der Waals surface area contributed by atoms with Crippen molar-refractivity contribution >= 4 is 17.2 Å². The number of alkyl halides is 5. The van der Waals surface area contributed by atoms with E-state index in [0.29, 0.717) is 30.2 Å². The minimum atomic E-state index is -4.68. The van der Waals surface area contributed by atoms with Crippen LogP contribution in [0.1, 0.15) is 30.4 Å². The number of allylic oxidation sites excluding steroid dienone is 1. The summed E-state index contributed by atoms with van der Waals surface area (Å²) in [5, 5.41) is 0. The van der Waals surface area contributed by atoms with Crippen LogP contribution in [0.15, 0.2) is 23.3 Å². The lowest BCUT2D eigenvalue weighted by molar-refractivity contribution is -0.137. The Balaban J connectivity index is 1.50. The van der Waals surface area contributed by atoms with E-state index in [1.54, 1.807) is 0 Å². The fourth-order valence-corrected chi connectivity index (χ4v) is 5.20. The zero-order valence-corrected chi connectivity index (χ0v) is 18.1. The van der Waals surface area contributed by atoms with Gasteiger partial charge in [0.2, 0.25) is 0 Å². The summed E-state index contributed by atoms with van der Waals surface area (Å²) >= 11 is 0. The van der Waals surface area contributed by atoms with Gasteiger partial charge in [-0.3, -0.25) is 9.89 Å². The lowest BCUT2D eigenvalue weighted by atomic mass is 10.0. The van der Waals surface area contributed by atoms with Crippen LogP contribution in [0.4, 0.5) is 27.8 Å². The molecule has 1 aliphatic heterocycles. The van der Waals surface area contributed by atoms with Crippen molar-refractivity contribution in [3.8, 4) is 0 Å². The number of nitrogens with two attached hydrogens (primary N) is 2. The number of nitrogens with zero attached hydrogens (tertiary/aromatic N) is 3. The van der Waals surface area contributed by atoms with Crippen molar-refractivity contribution in [1.82, 2.24) is 9.88 Å². The van der Waals surface area contributed by atoms with Crippen molar-refractivity contribution in [1.29, 1.82) is 0 Å². The van der Waals surface area contributed by atoms with E-state index in [-0.39, 0.29) is 17.2 Å². The molecule has 182 valence electrons. The van der Waals surface area contributed by atoms with Crippen LogP contribution >= 0.6 is 0 Å². The number of nitrogen functional groups attached to an aromatic ring is 1. The molecular weight excluding hydrogens is 445 g/mol. The average molecular weight is 473 g/mol. The SMILES string of the molecule is NC(=CC(=NCC(F)F)C1C2CC(N3CCCOCC3)CC21)c1cnc(N)c(C(F)(F)F)c1. The molecule has 2 aliphatic carbocycles. The fraction of sp³-hybridized carbons (Fsp3) is 0.636. The van der Waals surface area contributed by atoms with Crippen molar-refractivity contribution in [3.63, 3.8) is 0 Å². The maximum Gasteiger partial charge on any atom is 0.419 e. The molecule has 4 rings (SSSR count). The molecule has 0 amide bonds. The molecule has 0 bridgehead atoms. The van der Waals surface area contributed by atoms with Crippen LogP contribution in [0.3, 0.4) is 0 Å². The minimum absolute atomic E-state index is 0.00722. The second kappa shape index (κ2) is 9.54. The molecule has 4 N–H and O–H groups in total. The lowest BCUT2D eigenvalue weighted by Gasteiger charge is -2.28. The quantitative estimate of drug-likeness (QED) is 0.488. The number of fused-ring (bicyclic) bond motifs is 1. The number of hydrogen-bond donors (Lipinski definition) is 2. The summed E-state index contributed by atoms with van der Waals surface area (Å²) in [6, 6.07) is 1.26. The largest absolute Gasteiger partial charge is 0.419 e. The van der Waals surface area contributed by atoms with E-state index in [9.17, 15) is 22.0 Å².